The molecule has 0 unspecified atom stereocenters. The Hall–Kier alpha value is -1.60. The molecule has 19 heavy (non-hydrogen) atoms. The number of halogens is 3. The molecule has 0 aliphatic heterocycles. The van der Waals surface area contributed by atoms with Gasteiger partial charge in [0, 0.05) is 13.1 Å². The lowest BCUT2D eigenvalue weighted by Crippen LogP contribution is -2.29. The maximum absolute atomic E-state index is 12.7. The first-order valence-corrected chi connectivity index (χ1v) is 5.69. The van der Waals surface area contributed by atoms with Gasteiger partial charge in [0.25, 0.3) is 5.91 Å². The van der Waals surface area contributed by atoms with Gasteiger partial charge in [0.2, 0.25) is 0 Å². The number of alkyl halides is 3. The van der Waals surface area contributed by atoms with Crippen LogP contribution in [0.4, 0.5) is 13.2 Å². The van der Waals surface area contributed by atoms with Gasteiger partial charge in [-0.25, -0.2) is 0 Å². The summed E-state index contributed by atoms with van der Waals surface area (Å²) in [5.74, 6) is -0.774. The van der Waals surface area contributed by atoms with Crippen molar-refractivity contribution in [3.05, 3.63) is 35.4 Å². The van der Waals surface area contributed by atoms with E-state index in [4.69, 9.17) is 10.5 Å². The van der Waals surface area contributed by atoms with Gasteiger partial charge in [0.1, 0.15) is 0 Å². The molecule has 1 rings (SSSR count). The van der Waals surface area contributed by atoms with E-state index in [1.54, 1.807) is 0 Å². The van der Waals surface area contributed by atoms with Crippen molar-refractivity contribution in [1.82, 2.24) is 5.32 Å². The summed E-state index contributed by atoms with van der Waals surface area (Å²) >= 11 is 0. The standard InChI is InChI=1S/C12H15F3N2O2/c13-12(14,15)10-4-2-1-3-9(10)11(18)17-6-8-19-7-5-16/h1-4H,5-8,16H2,(H,17,18). The molecule has 0 aliphatic carbocycles. The molecule has 1 aromatic carbocycles. The fourth-order valence-electron chi connectivity index (χ4n) is 1.45. The van der Waals surface area contributed by atoms with Crippen LogP contribution in [0.25, 0.3) is 0 Å². The van der Waals surface area contributed by atoms with Gasteiger partial charge in [-0.2, -0.15) is 13.2 Å². The maximum Gasteiger partial charge on any atom is 0.417 e. The average Bonchev–Trinajstić information content (AvgIpc) is 2.37. The minimum absolute atomic E-state index is 0.130. The van der Waals surface area contributed by atoms with Crippen LogP contribution in [0, 0.1) is 0 Å². The first-order chi connectivity index (χ1) is 8.96. The molecule has 106 valence electrons. The number of rotatable bonds is 6. The molecule has 0 fully saturated rings. The molecule has 0 aromatic heterocycles. The molecule has 0 saturated heterocycles. The third-order valence-electron chi connectivity index (χ3n) is 2.27. The van der Waals surface area contributed by atoms with Crippen LogP contribution in [0.1, 0.15) is 15.9 Å². The third kappa shape index (κ3) is 4.88. The lowest BCUT2D eigenvalue weighted by atomic mass is 10.1. The Morgan fingerprint density at radius 2 is 1.95 bits per heavy atom. The topological polar surface area (TPSA) is 64.3 Å². The molecule has 0 atom stereocenters. The zero-order valence-electron chi connectivity index (χ0n) is 10.2. The van der Waals surface area contributed by atoms with E-state index < -0.39 is 23.2 Å². The summed E-state index contributed by atoms with van der Waals surface area (Å²) in [6.45, 7) is 1.03. The summed E-state index contributed by atoms with van der Waals surface area (Å²) in [5, 5.41) is 2.37. The normalized spacial score (nSPS) is 11.4. The van der Waals surface area contributed by atoms with Crippen molar-refractivity contribution in [3.63, 3.8) is 0 Å². The van der Waals surface area contributed by atoms with Crippen LogP contribution in [-0.4, -0.2) is 32.2 Å². The summed E-state index contributed by atoms with van der Waals surface area (Å²) in [6, 6.07) is 4.64. The molecule has 0 heterocycles. The van der Waals surface area contributed by atoms with Gasteiger partial charge >= 0.3 is 6.18 Å². The Morgan fingerprint density at radius 1 is 1.26 bits per heavy atom. The van der Waals surface area contributed by atoms with E-state index in [-0.39, 0.29) is 13.2 Å². The number of carbonyl (C=O) groups is 1. The van der Waals surface area contributed by atoms with Gasteiger partial charge in [0.15, 0.2) is 0 Å². The maximum atomic E-state index is 12.7. The minimum Gasteiger partial charge on any atom is -0.378 e. The summed E-state index contributed by atoms with van der Waals surface area (Å²) in [6.07, 6.45) is -4.55. The van der Waals surface area contributed by atoms with Crippen LogP contribution in [0.2, 0.25) is 0 Å². The van der Waals surface area contributed by atoms with Crippen molar-refractivity contribution < 1.29 is 22.7 Å². The first kappa shape index (κ1) is 15.5. The fraction of sp³-hybridized carbons (Fsp3) is 0.417. The first-order valence-electron chi connectivity index (χ1n) is 5.69. The van der Waals surface area contributed by atoms with Gasteiger partial charge in [0.05, 0.1) is 24.3 Å². The van der Waals surface area contributed by atoms with Crippen LogP contribution in [-0.2, 0) is 10.9 Å². The Kier molecular flexibility index (Phi) is 5.78. The van der Waals surface area contributed by atoms with Crippen molar-refractivity contribution >= 4 is 5.91 Å². The van der Waals surface area contributed by atoms with Crippen molar-refractivity contribution in [2.24, 2.45) is 5.73 Å². The highest BCUT2D eigenvalue weighted by atomic mass is 19.4. The van der Waals surface area contributed by atoms with E-state index in [1.807, 2.05) is 0 Å². The van der Waals surface area contributed by atoms with Gasteiger partial charge in [-0.3, -0.25) is 4.79 Å². The number of hydrogen-bond acceptors (Lipinski definition) is 3. The number of carbonyl (C=O) groups excluding carboxylic acids is 1. The van der Waals surface area contributed by atoms with E-state index in [0.29, 0.717) is 13.2 Å². The molecule has 0 radical (unpaired) electrons. The largest absolute Gasteiger partial charge is 0.417 e. The number of benzene rings is 1. The fourth-order valence-corrected chi connectivity index (χ4v) is 1.45. The lowest BCUT2D eigenvalue weighted by molar-refractivity contribution is -0.137. The molecule has 0 bridgehead atoms. The summed E-state index contributed by atoms with van der Waals surface area (Å²) in [4.78, 5) is 11.7. The molecule has 0 aliphatic rings. The van der Waals surface area contributed by atoms with E-state index in [1.165, 1.54) is 12.1 Å². The number of amides is 1. The second kappa shape index (κ2) is 7.10. The molecular formula is C12H15F3N2O2. The van der Waals surface area contributed by atoms with Gasteiger partial charge in [-0.05, 0) is 12.1 Å². The molecule has 0 spiro atoms. The Morgan fingerprint density at radius 3 is 2.58 bits per heavy atom. The van der Waals surface area contributed by atoms with Crippen LogP contribution >= 0.6 is 0 Å². The van der Waals surface area contributed by atoms with E-state index in [9.17, 15) is 18.0 Å². The van der Waals surface area contributed by atoms with Gasteiger partial charge < -0.3 is 15.8 Å². The van der Waals surface area contributed by atoms with Crippen molar-refractivity contribution in [1.29, 1.82) is 0 Å². The lowest BCUT2D eigenvalue weighted by Gasteiger charge is -2.12. The molecule has 1 amide bonds. The highest BCUT2D eigenvalue weighted by Crippen LogP contribution is 2.31. The average molecular weight is 276 g/mol. The highest BCUT2D eigenvalue weighted by molar-refractivity contribution is 5.95. The zero-order valence-corrected chi connectivity index (χ0v) is 10.2. The van der Waals surface area contributed by atoms with E-state index >= 15 is 0 Å². The predicted molar refractivity (Wildman–Crippen MR) is 63.7 cm³/mol. The number of nitrogens with one attached hydrogen (secondary N) is 1. The molecule has 3 N–H and O–H groups in total. The van der Waals surface area contributed by atoms with E-state index in [0.717, 1.165) is 12.1 Å². The second-order valence-corrected chi connectivity index (χ2v) is 3.70. The Balaban J connectivity index is 2.62. The summed E-state index contributed by atoms with van der Waals surface area (Å²) in [7, 11) is 0. The molecule has 7 heteroatoms. The number of hydrogen-bond donors (Lipinski definition) is 2. The monoisotopic (exact) mass is 276 g/mol. The smallest absolute Gasteiger partial charge is 0.378 e. The zero-order chi connectivity index (χ0) is 14.3. The van der Waals surface area contributed by atoms with Gasteiger partial charge in [-0.15, -0.1) is 0 Å². The molecule has 0 saturated carbocycles. The van der Waals surface area contributed by atoms with Gasteiger partial charge in [-0.1, -0.05) is 12.1 Å². The van der Waals surface area contributed by atoms with Crippen LogP contribution in [0.3, 0.4) is 0 Å². The Labute approximate surface area is 108 Å². The summed E-state index contributed by atoms with van der Waals surface area (Å²) in [5.41, 5.74) is 3.85. The quantitative estimate of drug-likeness (QED) is 0.772. The molecule has 4 nitrogen and oxygen atoms in total. The van der Waals surface area contributed by atoms with Crippen LogP contribution in [0.5, 0.6) is 0 Å². The SMILES string of the molecule is NCCOCCNC(=O)c1ccccc1C(F)(F)F. The predicted octanol–water partition coefficient (Wildman–Crippen LogP) is 1.41. The minimum atomic E-state index is -4.55. The second-order valence-electron chi connectivity index (χ2n) is 3.70. The number of ether oxygens (including phenoxy) is 1. The Bertz CT molecular complexity index is 422. The van der Waals surface area contributed by atoms with Crippen molar-refractivity contribution in [3.8, 4) is 0 Å². The van der Waals surface area contributed by atoms with Crippen molar-refractivity contribution in [2.45, 2.75) is 6.18 Å². The van der Waals surface area contributed by atoms with E-state index in [2.05, 4.69) is 5.32 Å². The molecule has 1 aromatic rings. The van der Waals surface area contributed by atoms with Crippen LogP contribution in [0.15, 0.2) is 24.3 Å². The number of nitrogens with two attached hydrogens (primary N) is 1. The third-order valence-corrected chi connectivity index (χ3v) is 2.27. The van der Waals surface area contributed by atoms with Crippen LogP contribution < -0.4 is 11.1 Å². The van der Waals surface area contributed by atoms with Crippen molar-refractivity contribution in [2.75, 3.05) is 26.3 Å². The summed E-state index contributed by atoms with van der Waals surface area (Å²) < 4.78 is 43.0. The highest BCUT2D eigenvalue weighted by Gasteiger charge is 2.34. The molecular weight excluding hydrogens is 261 g/mol.